The van der Waals surface area contributed by atoms with Crippen LogP contribution < -0.4 is 11.1 Å². The van der Waals surface area contributed by atoms with Gasteiger partial charge in [-0.15, -0.1) is 0 Å². The van der Waals surface area contributed by atoms with E-state index in [0.717, 1.165) is 19.5 Å². The molecule has 1 aromatic rings. The van der Waals surface area contributed by atoms with Crippen LogP contribution in [0.25, 0.3) is 0 Å². The van der Waals surface area contributed by atoms with Gasteiger partial charge in [0.05, 0.1) is 6.04 Å². The highest BCUT2D eigenvalue weighted by molar-refractivity contribution is 5.86. The van der Waals surface area contributed by atoms with Crippen molar-refractivity contribution in [3.8, 4) is 0 Å². The van der Waals surface area contributed by atoms with Crippen LogP contribution in [0.4, 0.5) is 0 Å². The van der Waals surface area contributed by atoms with Gasteiger partial charge >= 0.3 is 0 Å². The van der Waals surface area contributed by atoms with Crippen LogP contribution in [0.5, 0.6) is 0 Å². The predicted octanol–water partition coefficient (Wildman–Crippen LogP) is 0.903. The van der Waals surface area contributed by atoms with Gasteiger partial charge < -0.3 is 16.2 Å². The maximum atomic E-state index is 9.69. The first-order valence-corrected chi connectivity index (χ1v) is 6.44. The van der Waals surface area contributed by atoms with E-state index in [1.165, 1.54) is 5.56 Å². The van der Waals surface area contributed by atoms with Gasteiger partial charge in [-0.1, -0.05) is 37.3 Å². The van der Waals surface area contributed by atoms with Crippen LogP contribution in [0, 0.1) is 5.92 Å². The molecular formula is C14H21N3O. The summed E-state index contributed by atoms with van der Waals surface area (Å²) in [6, 6.07) is 10.4. The number of nitrogens with zero attached hydrogens (tertiary/aromatic N) is 1. The molecule has 0 saturated heterocycles. The Morgan fingerprint density at radius 1 is 1.33 bits per heavy atom. The molecule has 0 radical (unpaired) electrons. The number of nitrogens with one attached hydrogen (secondary N) is 1. The van der Waals surface area contributed by atoms with Crippen molar-refractivity contribution >= 4 is 5.84 Å². The molecule has 4 N–H and O–H groups in total. The maximum Gasteiger partial charge on any atom is 0.123 e. The largest absolute Gasteiger partial charge is 0.385 e. The lowest BCUT2D eigenvalue weighted by molar-refractivity contribution is 0.176. The highest BCUT2D eigenvalue weighted by Gasteiger charge is 2.32. The van der Waals surface area contributed by atoms with E-state index in [9.17, 15) is 5.11 Å². The van der Waals surface area contributed by atoms with E-state index in [-0.39, 0.29) is 12.0 Å². The number of rotatable bonds is 5. The minimum Gasteiger partial charge on any atom is -0.385 e. The predicted molar refractivity (Wildman–Crippen MR) is 73.3 cm³/mol. The van der Waals surface area contributed by atoms with E-state index >= 15 is 0 Å². The fourth-order valence-corrected chi connectivity index (χ4v) is 2.27. The van der Waals surface area contributed by atoms with E-state index in [2.05, 4.69) is 22.4 Å². The zero-order valence-electron chi connectivity index (χ0n) is 10.7. The van der Waals surface area contributed by atoms with Gasteiger partial charge in [-0.3, -0.25) is 4.99 Å². The molecule has 0 amide bonds. The van der Waals surface area contributed by atoms with E-state index in [0.29, 0.717) is 5.84 Å². The van der Waals surface area contributed by atoms with Crippen molar-refractivity contribution in [1.82, 2.24) is 5.32 Å². The fourth-order valence-electron chi connectivity index (χ4n) is 2.27. The summed E-state index contributed by atoms with van der Waals surface area (Å²) in [5, 5.41) is 13.1. The fraction of sp³-hybridized carbons (Fsp3) is 0.500. The molecule has 1 heterocycles. The van der Waals surface area contributed by atoms with Gasteiger partial charge in [0, 0.05) is 12.5 Å². The Bertz CT molecular complexity index is 405. The zero-order valence-corrected chi connectivity index (χ0v) is 10.7. The second-order valence-corrected chi connectivity index (χ2v) is 4.88. The van der Waals surface area contributed by atoms with Crippen LogP contribution in [-0.4, -0.2) is 29.6 Å². The van der Waals surface area contributed by atoms with Crippen molar-refractivity contribution in [2.24, 2.45) is 16.6 Å². The van der Waals surface area contributed by atoms with Crippen LogP contribution >= 0.6 is 0 Å². The Balaban J connectivity index is 1.70. The molecule has 3 unspecified atom stereocenters. The van der Waals surface area contributed by atoms with E-state index in [4.69, 9.17) is 5.73 Å². The molecule has 0 saturated carbocycles. The Labute approximate surface area is 108 Å². The van der Waals surface area contributed by atoms with Crippen molar-refractivity contribution in [3.63, 3.8) is 0 Å². The van der Waals surface area contributed by atoms with Gasteiger partial charge in [-0.25, -0.2) is 0 Å². The molecule has 18 heavy (non-hydrogen) atoms. The monoisotopic (exact) mass is 247 g/mol. The molecule has 1 aromatic carbocycles. The minimum atomic E-state index is -0.566. The molecule has 1 aliphatic rings. The van der Waals surface area contributed by atoms with Gasteiger partial charge in [0.1, 0.15) is 11.9 Å². The summed E-state index contributed by atoms with van der Waals surface area (Å²) in [6.45, 7) is 3.74. The molecule has 1 aliphatic heterocycles. The summed E-state index contributed by atoms with van der Waals surface area (Å²) in [5.41, 5.74) is 6.91. The highest BCUT2D eigenvalue weighted by Crippen LogP contribution is 2.21. The number of benzene rings is 1. The van der Waals surface area contributed by atoms with E-state index in [1.54, 1.807) is 0 Å². The lowest BCUT2D eigenvalue weighted by atomic mass is 9.97. The summed E-state index contributed by atoms with van der Waals surface area (Å²) in [6.07, 6.45) is 0.343. The zero-order chi connectivity index (χ0) is 13.0. The molecule has 4 heteroatoms. The topological polar surface area (TPSA) is 70.6 Å². The Morgan fingerprint density at radius 2 is 2.06 bits per heavy atom. The third-order valence-corrected chi connectivity index (χ3v) is 3.51. The molecule has 0 aliphatic carbocycles. The van der Waals surface area contributed by atoms with Crippen molar-refractivity contribution in [1.29, 1.82) is 0 Å². The maximum absolute atomic E-state index is 9.69. The Kier molecular flexibility index (Phi) is 4.33. The molecule has 2 rings (SSSR count). The lowest BCUT2D eigenvalue weighted by Gasteiger charge is -2.16. The first kappa shape index (κ1) is 13.1. The smallest absolute Gasteiger partial charge is 0.123 e. The van der Waals surface area contributed by atoms with Crippen LogP contribution in [0.15, 0.2) is 35.3 Å². The van der Waals surface area contributed by atoms with Gasteiger partial charge in [0.2, 0.25) is 0 Å². The number of amidine groups is 1. The van der Waals surface area contributed by atoms with E-state index < -0.39 is 6.10 Å². The highest BCUT2D eigenvalue weighted by atomic mass is 16.3. The molecule has 3 atom stereocenters. The average molecular weight is 247 g/mol. The molecule has 0 fully saturated rings. The van der Waals surface area contributed by atoms with Gasteiger partial charge in [0.15, 0.2) is 0 Å². The van der Waals surface area contributed by atoms with Crippen molar-refractivity contribution in [2.45, 2.75) is 32.0 Å². The van der Waals surface area contributed by atoms with Crippen molar-refractivity contribution < 1.29 is 5.11 Å². The molecule has 98 valence electrons. The molecule has 0 spiro atoms. The van der Waals surface area contributed by atoms with Crippen LogP contribution in [0.3, 0.4) is 0 Å². The number of hydrogen-bond donors (Lipinski definition) is 3. The second kappa shape index (κ2) is 5.98. The molecular weight excluding hydrogens is 226 g/mol. The van der Waals surface area contributed by atoms with Crippen molar-refractivity contribution in [2.75, 3.05) is 6.54 Å². The number of aliphatic hydroxyl groups is 1. The van der Waals surface area contributed by atoms with Crippen molar-refractivity contribution in [3.05, 3.63) is 35.9 Å². The Morgan fingerprint density at radius 3 is 2.67 bits per heavy atom. The SMILES string of the molecule is CC1C(CCNCc2ccccc2)N=C(N)C1O. The summed E-state index contributed by atoms with van der Waals surface area (Å²) in [7, 11) is 0. The standard InChI is InChI=1S/C14H21N3O/c1-10-12(17-14(15)13(10)18)7-8-16-9-11-5-3-2-4-6-11/h2-6,10,12-13,16,18H,7-9H2,1H3,(H2,15,17). The van der Waals surface area contributed by atoms with Gasteiger partial charge in [0.25, 0.3) is 0 Å². The molecule has 4 nitrogen and oxygen atoms in total. The van der Waals surface area contributed by atoms with Gasteiger partial charge in [-0.2, -0.15) is 0 Å². The third kappa shape index (κ3) is 3.09. The average Bonchev–Trinajstić information content (AvgIpc) is 2.64. The van der Waals surface area contributed by atoms with E-state index in [1.807, 2.05) is 25.1 Å². The summed E-state index contributed by atoms with van der Waals surface area (Å²) in [4.78, 5) is 4.30. The minimum absolute atomic E-state index is 0.128. The van der Waals surface area contributed by atoms with Crippen LogP contribution in [-0.2, 0) is 6.54 Å². The summed E-state index contributed by atoms with van der Waals surface area (Å²) < 4.78 is 0. The number of hydrogen-bond acceptors (Lipinski definition) is 4. The van der Waals surface area contributed by atoms with Crippen LogP contribution in [0.2, 0.25) is 0 Å². The first-order valence-electron chi connectivity index (χ1n) is 6.44. The molecule has 0 aromatic heterocycles. The molecule has 0 bridgehead atoms. The quantitative estimate of drug-likeness (QED) is 0.677. The Hall–Kier alpha value is -1.39. The number of aliphatic hydroxyl groups excluding tert-OH is 1. The second-order valence-electron chi connectivity index (χ2n) is 4.88. The first-order chi connectivity index (χ1) is 8.68. The number of aliphatic imine (C=N–C) groups is 1. The third-order valence-electron chi connectivity index (χ3n) is 3.51. The van der Waals surface area contributed by atoms with Gasteiger partial charge in [-0.05, 0) is 18.5 Å². The normalized spacial score (nSPS) is 27.2. The number of nitrogens with two attached hydrogens (primary N) is 1. The summed E-state index contributed by atoms with van der Waals surface area (Å²) >= 11 is 0. The van der Waals surface area contributed by atoms with Crippen LogP contribution in [0.1, 0.15) is 18.9 Å². The lowest BCUT2D eigenvalue weighted by Crippen LogP contribution is -2.31. The summed E-state index contributed by atoms with van der Waals surface area (Å²) in [5.74, 6) is 0.513.